The van der Waals surface area contributed by atoms with Crippen LogP contribution in [0.4, 0.5) is 0 Å². The highest BCUT2D eigenvalue weighted by molar-refractivity contribution is 5.97. The zero-order valence-electron chi connectivity index (χ0n) is 13.1. The third kappa shape index (κ3) is 4.22. The molecule has 3 heteroatoms. The van der Waals surface area contributed by atoms with E-state index in [9.17, 15) is 4.79 Å². The Hall–Kier alpha value is -2.55. The fourth-order valence-corrected chi connectivity index (χ4v) is 1.98. The fourth-order valence-electron chi connectivity index (χ4n) is 1.98. The van der Waals surface area contributed by atoms with Gasteiger partial charge in [0.2, 0.25) is 0 Å². The summed E-state index contributed by atoms with van der Waals surface area (Å²) < 4.78 is 11.2. The summed E-state index contributed by atoms with van der Waals surface area (Å²) in [4.78, 5) is 11.3. The molecule has 0 N–H and O–H groups in total. The van der Waals surface area contributed by atoms with Gasteiger partial charge in [0.1, 0.15) is 6.61 Å². The highest BCUT2D eigenvalue weighted by Crippen LogP contribution is 2.29. The van der Waals surface area contributed by atoms with Gasteiger partial charge in [-0.1, -0.05) is 36.4 Å². The summed E-state index contributed by atoms with van der Waals surface area (Å²) in [6.45, 7) is 3.83. The van der Waals surface area contributed by atoms with Crippen LogP contribution in [-0.2, 0) is 11.4 Å². The molecule has 0 unspecified atom stereocenters. The maximum absolute atomic E-state index is 11.3. The van der Waals surface area contributed by atoms with Crippen LogP contribution in [0.3, 0.4) is 0 Å². The number of carbonyl (C=O) groups is 1. The van der Waals surface area contributed by atoms with E-state index in [1.54, 1.807) is 21.0 Å². The van der Waals surface area contributed by atoms with E-state index >= 15 is 0 Å². The number of hydrogen-bond donors (Lipinski definition) is 0. The Morgan fingerprint density at radius 3 is 2.41 bits per heavy atom. The molecular formula is C19H20O3. The van der Waals surface area contributed by atoms with Crippen molar-refractivity contribution < 1.29 is 14.3 Å². The van der Waals surface area contributed by atoms with Gasteiger partial charge in [0.05, 0.1) is 7.11 Å². The highest BCUT2D eigenvalue weighted by atomic mass is 16.5. The van der Waals surface area contributed by atoms with Crippen molar-refractivity contribution in [3.8, 4) is 11.5 Å². The minimum Gasteiger partial charge on any atom is -0.493 e. The van der Waals surface area contributed by atoms with Gasteiger partial charge in [-0.05, 0) is 48.8 Å². The number of ketones is 1. The molecule has 0 aromatic heterocycles. The van der Waals surface area contributed by atoms with Crippen LogP contribution < -0.4 is 9.47 Å². The Morgan fingerprint density at radius 1 is 1.05 bits per heavy atom. The standard InChI is InChI=1S/C19H20O3/c1-14(15(2)20)11-17-9-10-18(21-3)19(12-17)22-13-16-7-5-4-6-8-16/h4-12H,13H2,1-3H3. The van der Waals surface area contributed by atoms with Gasteiger partial charge in [-0.3, -0.25) is 4.79 Å². The molecule has 22 heavy (non-hydrogen) atoms. The molecule has 0 atom stereocenters. The molecule has 0 radical (unpaired) electrons. The summed E-state index contributed by atoms with van der Waals surface area (Å²) in [6, 6.07) is 15.6. The molecule has 0 amide bonds. The van der Waals surface area contributed by atoms with Gasteiger partial charge in [0.25, 0.3) is 0 Å². The molecule has 0 aliphatic heterocycles. The first-order chi connectivity index (χ1) is 10.6. The number of hydrogen-bond acceptors (Lipinski definition) is 3. The van der Waals surface area contributed by atoms with E-state index in [2.05, 4.69) is 0 Å². The summed E-state index contributed by atoms with van der Waals surface area (Å²) in [7, 11) is 1.61. The van der Waals surface area contributed by atoms with Crippen molar-refractivity contribution in [3.63, 3.8) is 0 Å². The number of Topliss-reactive ketones (excluding diaryl/α,β-unsaturated/α-hetero) is 1. The molecule has 2 aromatic carbocycles. The SMILES string of the molecule is COc1ccc(C=C(C)C(C)=O)cc1OCc1ccccc1. The molecular weight excluding hydrogens is 276 g/mol. The Labute approximate surface area is 131 Å². The molecule has 0 heterocycles. The molecule has 0 aliphatic carbocycles. The quantitative estimate of drug-likeness (QED) is 0.747. The van der Waals surface area contributed by atoms with E-state index in [0.29, 0.717) is 23.7 Å². The Kier molecular flexibility index (Phi) is 5.37. The minimum atomic E-state index is 0.0579. The van der Waals surface area contributed by atoms with Crippen molar-refractivity contribution in [2.75, 3.05) is 7.11 Å². The number of ether oxygens (including phenoxy) is 2. The summed E-state index contributed by atoms with van der Waals surface area (Å²) in [5.74, 6) is 1.40. The van der Waals surface area contributed by atoms with Crippen LogP contribution in [0.1, 0.15) is 25.0 Å². The van der Waals surface area contributed by atoms with Crippen LogP contribution in [0.5, 0.6) is 11.5 Å². The average Bonchev–Trinajstić information content (AvgIpc) is 2.54. The first-order valence-electron chi connectivity index (χ1n) is 7.14. The lowest BCUT2D eigenvalue weighted by atomic mass is 10.1. The number of allylic oxidation sites excluding steroid dienone is 1. The van der Waals surface area contributed by atoms with E-state index in [1.807, 2.05) is 54.6 Å². The predicted molar refractivity (Wildman–Crippen MR) is 88.1 cm³/mol. The molecule has 0 saturated carbocycles. The number of benzene rings is 2. The summed E-state index contributed by atoms with van der Waals surface area (Å²) >= 11 is 0. The second-order valence-electron chi connectivity index (χ2n) is 5.07. The van der Waals surface area contributed by atoms with Gasteiger partial charge in [-0.15, -0.1) is 0 Å². The third-order valence-corrected chi connectivity index (χ3v) is 3.36. The normalized spacial score (nSPS) is 11.1. The second kappa shape index (κ2) is 7.46. The Bertz CT molecular complexity index is 672. The molecule has 2 rings (SSSR count). The van der Waals surface area contributed by atoms with E-state index in [1.165, 1.54) is 0 Å². The molecule has 114 valence electrons. The molecule has 0 spiro atoms. The topological polar surface area (TPSA) is 35.5 Å². The van der Waals surface area contributed by atoms with Crippen LogP contribution in [0.25, 0.3) is 6.08 Å². The highest BCUT2D eigenvalue weighted by Gasteiger charge is 2.06. The summed E-state index contributed by atoms with van der Waals surface area (Å²) in [6.07, 6.45) is 1.84. The van der Waals surface area contributed by atoms with E-state index in [0.717, 1.165) is 11.1 Å². The number of carbonyl (C=O) groups excluding carboxylic acids is 1. The molecule has 0 aliphatic rings. The average molecular weight is 296 g/mol. The lowest BCUT2D eigenvalue weighted by Gasteiger charge is -2.11. The van der Waals surface area contributed by atoms with Crippen LogP contribution in [0.15, 0.2) is 54.1 Å². The fraction of sp³-hybridized carbons (Fsp3) is 0.211. The van der Waals surface area contributed by atoms with Gasteiger partial charge in [0, 0.05) is 0 Å². The first kappa shape index (κ1) is 15.8. The van der Waals surface area contributed by atoms with Gasteiger partial charge in [-0.2, -0.15) is 0 Å². The number of rotatable bonds is 6. The largest absolute Gasteiger partial charge is 0.493 e. The molecule has 0 saturated heterocycles. The minimum absolute atomic E-state index is 0.0579. The summed E-state index contributed by atoms with van der Waals surface area (Å²) in [5, 5.41) is 0. The van der Waals surface area contributed by atoms with Crippen molar-refractivity contribution in [2.24, 2.45) is 0 Å². The second-order valence-corrected chi connectivity index (χ2v) is 5.07. The van der Waals surface area contributed by atoms with Crippen molar-refractivity contribution >= 4 is 11.9 Å². The van der Waals surface area contributed by atoms with Crippen LogP contribution >= 0.6 is 0 Å². The lowest BCUT2D eigenvalue weighted by molar-refractivity contribution is -0.113. The van der Waals surface area contributed by atoms with Crippen LogP contribution in [0.2, 0.25) is 0 Å². The lowest BCUT2D eigenvalue weighted by Crippen LogP contribution is -1.98. The molecule has 2 aromatic rings. The third-order valence-electron chi connectivity index (χ3n) is 3.36. The Balaban J connectivity index is 2.21. The zero-order chi connectivity index (χ0) is 15.9. The van der Waals surface area contributed by atoms with Crippen LogP contribution in [-0.4, -0.2) is 12.9 Å². The van der Waals surface area contributed by atoms with Gasteiger partial charge < -0.3 is 9.47 Å². The maximum atomic E-state index is 11.3. The van der Waals surface area contributed by atoms with E-state index < -0.39 is 0 Å². The van der Waals surface area contributed by atoms with E-state index in [-0.39, 0.29) is 5.78 Å². The first-order valence-corrected chi connectivity index (χ1v) is 7.14. The monoisotopic (exact) mass is 296 g/mol. The van der Waals surface area contributed by atoms with Crippen molar-refractivity contribution in [1.29, 1.82) is 0 Å². The number of methoxy groups -OCH3 is 1. The molecule has 3 nitrogen and oxygen atoms in total. The zero-order valence-corrected chi connectivity index (χ0v) is 13.1. The van der Waals surface area contributed by atoms with Gasteiger partial charge in [-0.25, -0.2) is 0 Å². The van der Waals surface area contributed by atoms with Crippen molar-refractivity contribution in [3.05, 3.63) is 65.2 Å². The van der Waals surface area contributed by atoms with Gasteiger partial charge in [0.15, 0.2) is 17.3 Å². The van der Waals surface area contributed by atoms with E-state index in [4.69, 9.17) is 9.47 Å². The van der Waals surface area contributed by atoms with Crippen LogP contribution in [0, 0.1) is 0 Å². The maximum Gasteiger partial charge on any atom is 0.162 e. The van der Waals surface area contributed by atoms with Crippen molar-refractivity contribution in [1.82, 2.24) is 0 Å². The Morgan fingerprint density at radius 2 is 1.77 bits per heavy atom. The van der Waals surface area contributed by atoms with Crippen molar-refractivity contribution in [2.45, 2.75) is 20.5 Å². The predicted octanol–water partition coefficient (Wildman–Crippen LogP) is 4.27. The smallest absolute Gasteiger partial charge is 0.162 e. The van der Waals surface area contributed by atoms with Gasteiger partial charge >= 0.3 is 0 Å². The molecule has 0 fully saturated rings. The summed E-state index contributed by atoms with van der Waals surface area (Å²) in [5.41, 5.74) is 2.71. The molecule has 0 bridgehead atoms.